The van der Waals surface area contributed by atoms with Crippen molar-refractivity contribution in [1.29, 1.82) is 0 Å². The molecule has 0 N–H and O–H groups in total. The average molecular weight is 328 g/mol. The van der Waals surface area contributed by atoms with E-state index in [1.807, 2.05) is 46.4 Å². The molecule has 0 saturated carbocycles. The molecule has 0 amide bonds. The number of thiophene rings is 1. The molecule has 0 radical (unpaired) electrons. The summed E-state index contributed by atoms with van der Waals surface area (Å²) in [5, 5.41) is 2.61. The predicted octanol–water partition coefficient (Wildman–Crippen LogP) is 2.94. The number of imidazole rings is 1. The fraction of sp³-hybridized carbons (Fsp3) is 0.133. The van der Waals surface area contributed by atoms with Crippen LogP contribution in [0.25, 0.3) is 15.9 Å². The van der Waals surface area contributed by atoms with E-state index in [2.05, 4.69) is 9.97 Å². The molecule has 0 aliphatic rings. The maximum Gasteiger partial charge on any atom is 0.271 e. The molecule has 4 heterocycles. The molecule has 7 heteroatoms. The molecule has 0 spiro atoms. The lowest BCUT2D eigenvalue weighted by Gasteiger charge is -2.05. The molecule has 0 aromatic carbocycles. The number of fused-ring (bicyclic) bond motifs is 2. The van der Waals surface area contributed by atoms with E-state index in [1.54, 1.807) is 11.6 Å². The lowest BCUT2D eigenvalue weighted by Crippen LogP contribution is -2.18. The predicted molar refractivity (Wildman–Crippen MR) is 89.6 cm³/mol. The molecule has 0 aliphatic heterocycles. The highest BCUT2D eigenvalue weighted by Gasteiger charge is 2.10. The molecular formula is C15H12N4OS2. The molecule has 5 nitrogen and oxygen atoms in total. The van der Waals surface area contributed by atoms with Crippen LogP contribution in [0.5, 0.6) is 0 Å². The van der Waals surface area contributed by atoms with Crippen LogP contribution in [0.1, 0.15) is 5.69 Å². The van der Waals surface area contributed by atoms with Crippen LogP contribution in [-0.2, 0) is 12.8 Å². The lowest BCUT2D eigenvalue weighted by molar-refractivity contribution is 0.727. The van der Waals surface area contributed by atoms with Gasteiger partial charge >= 0.3 is 0 Å². The molecule has 4 aromatic heterocycles. The highest BCUT2D eigenvalue weighted by atomic mass is 32.2. The van der Waals surface area contributed by atoms with Gasteiger partial charge in [-0.3, -0.25) is 9.36 Å². The Balaban J connectivity index is 1.66. The lowest BCUT2D eigenvalue weighted by atomic mass is 10.5. The Morgan fingerprint density at radius 3 is 3.05 bits per heavy atom. The Bertz CT molecular complexity index is 998. The van der Waals surface area contributed by atoms with Crippen LogP contribution >= 0.6 is 23.1 Å². The van der Waals surface area contributed by atoms with Crippen LogP contribution in [0.3, 0.4) is 0 Å². The van der Waals surface area contributed by atoms with Crippen LogP contribution in [0.4, 0.5) is 0 Å². The van der Waals surface area contributed by atoms with Gasteiger partial charge in [-0.15, -0.1) is 11.3 Å². The van der Waals surface area contributed by atoms with E-state index >= 15 is 0 Å². The van der Waals surface area contributed by atoms with Crippen LogP contribution in [0.2, 0.25) is 0 Å². The largest absolute Gasteiger partial charge is 0.307 e. The van der Waals surface area contributed by atoms with Gasteiger partial charge in [-0.2, -0.15) is 0 Å². The third kappa shape index (κ3) is 2.22. The van der Waals surface area contributed by atoms with Gasteiger partial charge in [0.1, 0.15) is 10.3 Å². The van der Waals surface area contributed by atoms with Crippen LogP contribution in [0.15, 0.2) is 52.0 Å². The average Bonchev–Trinajstić information content (AvgIpc) is 3.15. The number of thioether (sulfide) groups is 1. The van der Waals surface area contributed by atoms with Crippen molar-refractivity contribution in [2.75, 3.05) is 0 Å². The summed E-state index contributed by atoms with van der Waals surface area (Å²) in [6, 6.07) is 7.80. The number of aromatic nitrogens is 4. The molecule has 22 heavy (non-hydrogen) atoms. The van der Waals surface area contributed by atoms with Gasteiger partial charge in [-0.05, 0) is 23.6 Å². The van der Waals surface area contributed by atoms with Crippen molar-refractivity contribution in [3.8, 4) is 0 Å². The molecule has 0 aliphatic carbocycles. The summed E-state index contributed by atoms with van der Waals surface area (Å²) in [5.41, 5.74) is 2.67. The fourth-order valence-electron chi connectivity index (χ4n) is 2.29. The maximum atomic E-state index is 12.3. The third-order valence-corrected chi connectivity index (χ3v) is 5.36. The van der Waals surface area contributed by atoms with Gasteiger partial charge in [-0.1, -0.05) is 17.8 Å². The van der Waals surface area contributed by atoms with Gasteiger partial charge in [0.2, 0.25) is 0 Å². The Kier molecular flexibility index (Phi) is 3.24. The summed E-state index contributed by atoms with van der Waals surface area (Å²) in [7, 11) is 1.76. The smallest absolute Gasteiger partial charge is 0.271 e. The Morgan fingerprint density at radius 2 is 2.18 bits per heavy atom. The minimum Gasteiger partial charge on any atom is -0.307 e. The molecule has 0 fully saturated rings. The van der Waals surface area contributed by atoms with Gasteiger partial charge in [0, 0.05) is 25.2 Å². The zero-order valence-electron chi connectivity index (χ0n) is 11.8. The molecule has 0 unspecified atom stereocenters. The van der Waals surface area contributed by atoms with Crippen molar-refractivity contribution < 1.29 is 0 Å². The standard InChI is InChI=1S/C15H12N4OS2/c1-18-14(20)13-11(5-7-21-13)17-15(18)22-9-10-8-19-6-3-2-4-12(19)16-10/h2-8H,9H2,1H3. The van der Waals surface area contributed by atoms with Gasteiger partial charge < -0.3 is 4.40 Å². The summed E-state index contributed by atoms with van der Waals surface area (Å²) in [5.74, 6) is 0.678. The first-order valence-corrected chi connectivity index (χ1v) is 8.58. The summed E-state index contributed by atoms with van der Waals surface area (Å²) in [4.78, 5) is 21.4. The highest BCUT2D eigenvalue weighted by Crippen LogP contribution is 2.23. The first-order valence-electron chi connectivity index (χ1n) is 6.72. The zero-order chi connectivity index (χ0) is 15.1. The first-order chi connectivity index (χ1) is 10.7. The number of nitrogens with zero attached hydrogens (tertiary/aromatic N) is 4. The Morgan fingerprint density at radius 1 is 1.27 bits per heavy atom. The van der Waals surface area contributed by atoms with Gasteiger partial charge in [0.15, 0.2) is 5.16 Å². The molecule has 4 rings (SSSR count). The van der Waals surface area contributed by atoms with Crippen molar-refractivity contribution in [3.63, 3.8) is 0 Å². The van der Waals surface area contributed by atoms with E-state index < -0.39 is 0 Å². The van der Waals surface area contributed by atoms with Gasteiger partial charge in [0.05, 0.1) is 11.2 Å². The summed E-state index contributed by atoms with van der Waals surface area (Å²) < 4.78 is 4.31. The highest BCUT2D eigenvalue weighted by molar-refractivity contribution is 7.98. The minimum atomic E-state index is 0.0116. The molecule has 0 saturated heterocycles. The second-order valence-electron chi connectivity index (χ2n) is 4.88. The molecule has 0 bridgehead atoms. The maximum absolute atomic E-state index is 12.3. The van der Waals surface area contributed by atoms with Crippen LogP contribution in [-0.4, -0.2) is 18.9 Å². The first kappa shape index (κ1) is 13.5. The van der Waals surface area contributed by atoms with Crippen molar-refractivity contribution in [1.82, 2.24) is 18.9 Å². The van der Waals surface area contributed by atoms with Crippen molar-refractivity contribution >= 4 is 39.0 Å². The summed E-state index contributed by atoms with van der Waals surface area (Å²) in [6.45, 7) is 0. The third-order valence-electron chi connectivity index (χ3n) is 3.41. The molecule has 110 valence electrons. The van der Waals surface area contributed by atoms with Gasteiger partial charge in [-0.25, -0.2) is 9.97 Å². The normalized spacial score (nSPS) is 11.5. The summed E-state index contributed by atoms with van der Waals surface area (Å²) in [6.07, 6.45) is 3.98. The number of hydrogen-bond acceptors (Lipinski definition) is 5. The van der Waals surface area contributed by atoms with E-state index in [1.165, 1.54) is 23.1 Å². The topological polar surface area (TPSA) is 52.2 Å². The van der Waals surface area contributed by atoms with Crippen molar-refractivity contribution in [2.24, 2.45) is 7.05 Å². The van der Waals surface area contributed by atoms with Crippen molar-refractivity contribution in [2.45, 2.75) is 10.9 Å². The zero-order valence-corrected chi connectivity index (χ0v) is 13.4. The second kappa shape index (κ2) is 5.26. The van der Waals surface area contributed by atoms with Crippen LogP contribution < -0.4 is 5.56 Å². The second-order valence-corrected chi connectivity index (χ2v) is 6.74. The van der Waals surface area contributed by atoms with E-state index in [0.29, 0.717) is 15.6 Å². The SMILES string of the molecule is Cn1c(SCc2cn3ccccc3n2)nc2ccsc2c1=O. The van der Waals surface area contributed by atoms with Crippen molar-refractivity contribution in [3.05, 3.63) is 58.1 Å². The Hall–Kier alpha value is -2.12. The fourth-order valence-corrected chi connectivity index (χ4v) is 3.95. The quantitative estimate of drug-likeness (QED) is 0.429. The van der Waals surface area contributed by atoms with Crippen LogP contribution in [0, 0.1) is 0 Å². The Labute approximate surface area is 134 Å². The molecular weight excluding hydrogens is 316 g/mol. The molecule has 4 aromatic rings. The van der Waals surface area contributed by atoms with E-state index in [-0.39, 0.29) is 5.56 Å². The van der Waals surface area contributed by atoms with E-state index in [9.17, 15) is 4.79 Å². The minimum absolute atomic E-state index is 0.0116. The monoisotopic (exact) mass is 328 g/mol. The number of hydrogen-bond donors (Lipinski definition) is 0. The van der Waals surface area contributed by atoms with E-state index in [0.717, 1.165) is 16.9 Å². The number of pyridine rings is 1. The molecule has 0 atom stereocenters. The van der Waals surface area contributed by atoms with Gasteiger partial charge in [0.25, 0.3) is 5.56 Å². The van der Waals surface area contributed by atoms with E-state index in [4.69, 9.17) is 0 Å². The summed E-state index contributed by atoms with van der Waals surface area (Å²) >= 11 is 2.96. The number of rotatable bonds is 3.